The van der Waals surface area contributed by atoms with Crippen molar-refractivity contribution in [1.82, 2.24) is 0 Å². The molecule has 0 saturated carbocycles. The summed E-state index contributed by atoms with van der Waals surface area (Å²) in [4.78, 5) is 27.3. The van der Waals surface area contributed by atoms with E-state index in [1.807, 2.05) is 18.2 Å². The van der Waals surface area contributed by atoms with E-state index in [0.717, 1.165) is 22.1 Å². The van der Waals surface area contributed by atoms with Crippen LogP contribution in [0.15, 0.2) is 42.5 Å². The van der Waals surface area contributed by atoms with Crippen LogP contribution in [0.2, 0.25) is 5.02 Å². The Morgan fingerprint density at radius 1 is 1.07 bits per heavy atom. The Kier molecular flexibility index (Phi) is 5.60. The summed E-state index contributed by atoms with van der Waals surface area (Å²) in [5, 5.41) is 12.3. The lowest BCUT2D eigenvalue weighted by atomic mass is 10.0. The van der Waals surface area contributed by atoms with Crippen LogP contribution in [0, 0.1) is 0 Å². The van der Waals surface area contributed by atoms with Crippen molar-refractivity contribution in [2.75, 3.05) is 37.9 Å². The molecular formula is C21H21ClN2O5. The van der Waals surface area contributed by atoms with Gasteiger partial charge in [0.1, 0.15) is 6.04 Å². The number of carboxylic acid groups (broad SMARTS) is 1. The first kappa shape index (κ1) is 19.5. The SMILES string of the molecule is O=C(C[C@@H](C(=O)[O-])[NH+]1CCN(c2ccc3c(c2)OCO3)CC1)c1ccc(Cl)cc1. The lowest BCUT2D eigenvalue weighted by Gasteiger charge is -2.37. The number of anilines is 1. The largest absolute Gasteiger partial charge is 0.544 e. The number of ether oxygens (including phenoxy) is 2. The number of nitrogens with one attached hydrogen (secondary N) is 1. The van der Waals surface area contributed by atoms with Crippen molar-refractivity contribution in [3.63, 3.8) is 0 Å². The third-order valence-electron chi connectivity index (χ3n) is 5.46. The number of halogens is 1. The third kappa shape index (κ3) is 4.31. The lowest BCUT2D eigenvalue weighted by molar-refractivity contribution is -0.918. The number of rotatable bonds is 6. The van der Waals surface area contributed by atoms with Gasteiger partial charge >= 0.3 is 0 Å². The summed E-state index contributed by atoms with van der Waals surface area (Å²) in [6.07, 6.45) is -0.0939. The first-order chi connectivity index (χ1) is 14.0. The average Bonchev–Trinajstić information content (AvgIpc) is 3.20. The van der Waals surface area contributed by atoms with Gasteiger partial charge in [-0.1, -0.05) is 11.6 Å². The molecule has 0 aliphatic carbocycles. The number of Topliss-reactive ketones (excluding diaryl/α,β-unsaturated/α-hetero) is 1. The number of nitrogens with zero attached hydrogens (tertiary/aromatic N) is 1. The molecule has 1 saturated heterocycles. The van der Waals surface area contributed by atoms with Crippen LogP contribution < -0.4 is 24.4 Å². The molecule has 2 heterocycles. The number of hydrogen-bond acceptors (Lipinski definition) is 6. The molecule has 2 aliphatic rings. The maximum Gasteiger partial charge on any atom is 0.231 e. The van der Waals surface area contributed by atoms with Gasteiger partial charge in [0.05, 0.1) is 38.6 Å². The highest BCUT2D eigenvalue weighted by molar-refractivity contribution is 6.30. The number of ketones is 1. The van der Waals surface area contributed by atoms with Gasteiger partial charge in [-0.3, -0.25) is 4.79 Å². The standard InChI is InChI=1S/C21H21ClN2O5/c22-15-3-1-14(2-4-15)18(25)12-17(21(26)27)24-9-7-23(8-10-24)16-5-6-19-20(11-16)29-13-28-19/h1-6,11,17H,7-10,12-13H2,(H,26,27)/t17-/m0/s1. The van der Waals surface area contributed by atoms with E-state index in [4.69, 9.17) is 21.1 Å². The summed E-state index contributed by atoms with van der Waals surface area (Å²) < 4.78 is 10.8. The molecule has 2 aromatic rings. The molecule has 29 heavy (non-hydrogen) atoms. The summed E-state index contributed by atoms with van der Waals surface area (Å²) in [6.45, 7) is 2.77. The number of fused-ring (bicyclic) bond motifs is 1. The summed E-state index contributed by atoms with van der Waals surface area (Å²) in [5.74, 6) is 0.0367. The minimum atomic E-state index is -1.20. The van der Waals surface area contributed by atoms with E-state index < -0.39 is 12.0 Å². The summed E-state index contributed by atoms with van der Waals surface area (Å²) in [7, 11) is 0. The highest BCUT2D eigenvalue weighted by atomic mass is 35.5. The minimum absolute atomic E-state index is 0.0939. The highest BCUT2D eigenvalue weighted by Crippen LogP contribution is 2.35. The first-order valence-electron chi connectivity index (χ1n) is 9.50. The van der Waals surface area contributed by atoms with Crippen LogP contribution in [0.5, 0.6) is 11.5 Å². The number of carbonyl (C=O) groups excluding carboxylic acids is 2. The molecule has 1 fully saturated rings. The van der Waals surface area contributed by atoms with Gasteiger partial charge in [0.2, 0.25) is 6.79 Å². The predicted octanol–water partition coefficient (Wildman–Crippen LogP) is 0.165. The van der Waals surface area contributed by atoms with Crippen LogP contribution in [0.3, 0.4) is 0 Å². The second-order valence-electron chi connectivity index (χ2n) is 7.19. The number of aliphatic carboxylic acids is 1. The molecule has 0 aromatic heterocycles. The van der Waals surface area contributed by atoms with E-state index in [9.17, 15) is 14.7 Å². The fraction of sp³-hybridized carbons (Fsp3) is 0.333. The van der Waals surface area contributed by atoms with E-state index in [-0.39, 0.29) is 19.0 Å². The molecule has 1 N–H and O–H groups in total. The molecule has 0 bridgehead atoms. The molecule has 2 aliphatic heterocycles. The van der Waals surface area contributed by atoms with E-state index in [1.54, 1.807) is 24.3 Å². The molecule has 4 rings (SSSR count). The topological polar surface area (TPSA) is 83.3 Å². The van der Waals surface area contributed by atoms with E-state index >= 15 is 0 Å². The number of carboxylic acids is 1. The Morgan fingerprint density at radius 3 is 2.45 bits per heavy atom. The molecule has 0 spiro atoms. The van der Waals surface area contributed by atoms with Crippen molar-refractivity contribution in [2.45, 2.75) is 12.5 Å². The van der Waals surface area contributed by atoms with Gasteiger partial charge in [0.25, 0.3) is 0 Å². The smallest absolute Gasteiger partial charge is 0.231 e. The molecule has 7 nitrogen and oxygen atoms in total. The Labute approximate surface area is 173 Å². The molecule has 0 unspecified atom stereocenters. The predicted molar refractivity (Wildman–Crippen MR) is 105 cm³/mol. The van der Waals surface area contributed by atoms with Gasteiger partial charge in [-0.25, -0.2) is 0 Å². The Morgan fingerprint density at radius 2 is 1.76 bits per heavy atom. The average molecular weight is 417 g/mol. The maximum absolute atomic E-state index is 12.5. The van der Waals surface area contributed by atoms with Crippen LogP contribution in [-0.2, 0) is 4.79 Å². The zero-order valence-electron chi connectivity index (χ0n) is 15.7. The molecule has 2 aromatic carbocycles. The number of carbonyl (C=O) groups is 2. The van der Waals surface area contributed by atoms with Crippen molar-refractivity contribution in [1.29, 1.82) is 0 Å². The summed E-state index contributed by atoms with van der Waals surface area (Å²) in [5.41, 5.74) is 1.47. The minimum Gasteiger partial charge on any atom is -0.544 e. The van der Waals surface area contributed by atoms with Crippen LogP contribution in [-0.4, -0.2) is 50.8 Å². The van der Waals surface area contributed by atoms with Crippen LogP contribution in [0.1, 0.15) is 16.8 Å². The van der Waals surface area contributed by atoms with Crippen molar-refractivity contribution in [3.05, 3.63) is 53.1 Å². The first-order valence-corrected chi connectivity index (χ1v) is 9.88. The summed E-state index contributed by atoms with van der Waals surface area (Å²) in [6, 6.07) is 11.4. The lowest BCUT2D eigenvalue weighted by Crippen LogP contribution is -3.19. The second kappa shape index (κ2) is 8.31. The van der Waals surface area contributed by atoms with Gasteiger partial charge in [-0.15, -0.1) is 0 Å². The molecular weight excluding hydrogens is 396 g/mol. The molecule has 1 atom stereocenters. The van der Waals surface area contributed by atoms with Crippen molar-refractivity contribution >= 4 is 29.0 Å². The maximum atomic E-state index is 12.5. The molecule has 0 amide bonds. The van der Waals surface area contributed by atoms with Crippen LogP contribution in [0.4, 0.5) is 5.69 Å². The number of hydrogen-bond donors (Lipinski definition) is 1. The van der Waals surface area contributed by atoms with Crippen LogP contribution >= 0.6 is 11.6 Å². The van der Waals surface area contributed by atoms with Crippen LogP contribution in [0.25, 0.3) is 0 Å². The molecule has 8 heteroatoms. The highest BCUT2D eigenvalue weighted by Gasteiger charge is 2.31. The van der Waals surface area contributed by atoms with E-state index in [2.05, 4.69) is 4.90 Å². The summed E-state index contributed by atoms with van der Waals surface area (Å²) >= 11 is 5.85. The van der Waals surface area contributed by atoms with Gasteiger partial charge < -0.3 is 29.2 Å². The Hall–Kier alpha value is -2.77. The monoisotopic (exact) mass is 416 g/mol. The zero-order valence-corrected chi connectivity index (χ0v) is 16.5. The second-order valence-corrected chi connectivity index (χ2v) is 7.63. The fourth-order valence-electron chi connectivity index (χ4n) is 3.82. The third-order valence-corrected chi connectivity index (χ3v) is 5.71. The molecule has 152 valence electrons. The van der Waals surface area contributed by atoms with Crippen molar-refractivity contribution in [3.8, 4) is 11.5 Å². The number of piperazine rings is 1. The van der Waals surface area contributed by atoms with Gasteiger partial charge in [-0.05, 0) is 36.4 Å². The van der Waals surface area contributed by atoms with E-state index in [1.165, 1.54) is 0 Å². The van der Waals surface area contributed by atoms with Crippen molar-refractivity contribution in [2.24, 2.45) is 0 Å². The molecule has 0 radical (unpaired) electrons. The van der Waals surface area contributed by atoms with Crippen molar-refractivity contribution < 1.29 is 29.1 Å². The van der Waals surface area contributed by atoms with Gasteiger partial charge in [-0.2, -0.15) is 0 Å². The fourth-order valence-corrected chi connectivity index (χ4v) is 3.94. The van der Waals surface area contributed by atoms with Gasteiger partial charge in [0, 0.05) is 22.3 Å². The number of benzene rings is 2. The number of quaternary nitrogens is 1. The quantitative estimate of drug-likeness (QED) is 0.676. The van der Waals surface area contributed by atoms with E-state index in [0.29, 0.717) is 36.8 Å². The Bertz CT molecular complexity index is 910. The zero-order chi connectivity index (χ0) is 20.4. The Balaban J connectivity index is 1.39. The van der Waals surface area contributed by atoms with Gasteiger partial charge in [0.15, 0.2) is 17.3 Å². The normalized spacial score (nSPS) is 17.2.